The summed E-state index contributed by atoms with van der Waals surface area (Å²) in [5.74, 6) is 2.94. The van der Waals surface area contributed by atoms with Gasteiger partial charge in [0.25, 0.3) is 0 Å². The minimum absolute atomic E-state index is 0.206. The van der Waals surface area contributed by atoms with Gasteiger partial charge >= 0.3 is 0 Å². The molecular weight excluding hydrogens is 370 g/mol. The van der Waals surface area contributed by atoms with Gasteiger partial charge in [-0.2, -0.15) is 10.2 Å². The molecule has 0 radical (unpaired) electrons. The molecule has 4 rings (SSSR count). The van der Waals surface area contributed by atoms with Gasteiger partial charge < -0.3 is 23.9 Å². The average Bonchev–Trinajstić information content (AvgIpc) is 3.38. The molecule has 2 heterocycles. The Morgan fingerprint density at radius 2 is 1.97 bits per heavy atom. The van der Waals surface area contributed by atoms with E-state index in [0.717, 1.165) is 22.6 Å². The van der Waals surface area contributed by atoms with Crippen LogP contribution in [0.15, 0.2) is 46.9 Å². The second kappa shape index (κ2) is 8.40. The molecule has 0 saturated carbocycles. The van der Waals surface area contributed by atoms with Crippen molar-refractivity contribution in [3.8, 4) is 23.3 Å². The topological polar surface area (TPSA) is 89.5 Å². The number of nitrogens with one attached hydrogen (secondary N) is 1. The van der Waals surface area contributed by atoms with Crippen molar-refractivity contribution in [1.29, 1.82) is 5.26 Å². The van der Waals surface area contributed by atoms with E-state index in [2.05, 4.69) is 16.4 Å². The Bertz CT molecular complexity index is 1060. The molecule has 1 aliphatic heterocycles. The highest BCUT2D eigenvalue weighted by molar-refractivity contribution is 5.67. The predicted molar refractivity (Wildman–Crippen MR) is 108 cm³/mol. The maximum absolute atomic E-state index is 9.34. The zero-order chi connectivity index (χ0) is 20.1. The number of nitrogens with zero attached hydrogens (tertiary/aromatic N) is 2. The van der Waals surface area contributed by atoms with Crippen LogP contribution in [0.3, 0.4) is 0 Å². The molecule has 29 heavy (non-hydrogen) atoms. The standard InChI is InChI=1S/C22H19N3O4/c1-2-26-17-7-3-15(4-8-17)6-10-21-25-18(12-23)22(29-21)24-13-16-5-9-19-20(11-16)28-14-27-19/h3-11,24H,2,13-14H2,1H3/b10-6+. The van der Waals surface area contributed by atoms with Crippen LogP contribution >= 0.6 is 0 Å². The molecule has 1 aromatic heterocycles. The number of fused-ring (bicyclic) bond motifs is 1. The molecule has 7 nitrogen and oxygen atoms in total. The molecule has 7 heteroatoms. The maximum Gasteiger partial charge on any atom is 0.232 e. The SMILES string of the molecule is CCOc1ccc(/C=C/c2nc(C#N)c(NCc3ccc4c(c3)OCO4)o2)cc1. The summed E-state index contributed by atoms with van der Waals surface area (Å²) in [6, 6.07) is 15.4. The van der Waals surface area contributed by atoms with Gasteiger partial charge in [0.2, 0.25) is 24.3 Å². The average molecular weight is 389 g/mol. The molecule has 0 bridgehead atoms. The minimum Gasteiger partial charge on any atom is -0.494 e. The van der Waals surface area contributed by atoms with Crippen molar-refractivity contribution >= 4 is 18.0 Å². The van der Waals surface area contributed by atoms with E-state index in [9.17, 15) is 5.26 Å². The molecule has 2 aromatic carbocycles. The lowest BCUT2D eigenvalue weighted by Gasteiger charge is -2.04. The molecule has 146 valence electrons. The van der Waals surface area contributed by atoms with Crippen LogP contribution in [0.4, 0.5) is 5.88 Å². The fraction of sp³-hybridized carbons (Fsp3) is 0.182. The van der Waals surface area contributed by atoms with E-state index in [4.69, 9.17) is 18.6 Å². The maximum atomic E-state index is 9.34. The van der Waals surface area contributed by atoms with Gasteiger partial charge in [-0.3, -0.25) is 0 Å². The van der Waals surface area contributed by atoms with Crippen LogP contribution in [0.2, 0.25) is 0 Å². The van der Waals surface area contributed by atoms with Crippen molar-refractivity contribution in [3.05, 3.63) is 65.2 Å². The first-order chi connectivity index (χ1) is 14.2. The Labute approximate surface area is 168 Å². The van der Waals surface area contributed by atoms with Gasteiger partial charge in [0.1, 0.15) is 11.8 Å². The largest absolute Gasteiger partial charge is 0.494 e. The normalized spacial score (nSPS) is 12.1. The Kier molecular flexibility index (Phi) is 5.34. The zero-order valence-corrected chi connectivity index (χ0v) is 15.8. The van der Waals surface area contributed by atoms with Crippen molar-refractivity contribution in [2.24, 2.45) is 0 Å². The van der Waals surface area contributed by atoms with Gasteiger partial charge in [-0.1, -0.05) is 18.2 Å². The fourth-order valence-electron chi connectivity index (χ4n) is 2.85. The molecule has 0 aliphatic carbocycles. The molecule has 0 amide bonds. The number of rotatable bonds is 7. The van der Waals surface area contributed by atoms with Crippen LogP contribution in [0, 0.1) is 11.3 Å². The van der Waals surface area contributed by atoms with E-state index in [1.165, 1.54) is 0 Å². The lowest BCUT2D eigenvalue weighted by molar-refractivity contribution is 0.174. The summed E-state index contributed by atoms with van der Waals surface area (Å²) in [5, 5.41) is 12.4. The fourth-order valence-corrected chi connectivity index (χ4v) is 2.85. The third-order valence-electron chi connectivity index (χ3n) is 4.25. The Morgan fingerprint density at radius 3 is 2.76 bits per heavy atom. The first kappa shape index (κ1) is 18.4. The number of benzene rings is 2. The highest BCUT2D eigenvalue weighted by Crippen LogP contribution is 2.32. The van der Waals surface area contributed by atoms with Crippen LogP contribution in [0.25, 0.3) is 12.2 Å². The Hall–Kier alpha value is -3.92. The molecule has 0 unspecified atom stereocenters. The quantitative estimate of drug-likeness (QED) is 0.638. The van der Waals surface area contributed by atoms with Crippen LogP contribution in [0.5, 0.6) is 17.2 Å². The van der Waals surface area contributed by atoms with Crippen LogP contribution in [-0.4, -0.2) is 18.4 Å². The van der Waals surface area contributed by atoms with Crippen molar-refractivity contribution < 1.29 is 18.6 Å². The number of hydrogen-bond donors (Lipinski definition) is 1. The third kappa shape index (κ3) is 4.33. The summed E-state index contributed by atoms with van der Waals surface area (Å²) in [6.07, 6.45) is 3.59. The predicted octanol–water partition coefficient (Wildman–Crippen LogP) is 4.46. The van der Waals surface area contributed by atoms with E-state index in [1.807, 2.05) is 55.5 Å². The highest BCUT2D eigenvalue weighted by atomic mass is 16.7. The van der Waals surface area contributed by atoms with Crippen molar-refractivity contribution in [2.45, 2.75) is 13.5 Å². The van der Waals surface area contributed by atoms with Gasteiger partial charge in [0.05, 0.1) is 6.61 Å². The molecule has 0 atom stereocenters. The second-order valence-electron chi connectivity index (χ2n) is 6.22. The molecule has 3 aromatic rings. The molecule has 0 fully saturated rings. The Balaban J connectivity index is 1.43. The van der Waals surface area contributed by atoms with Crippen molar-refractivity contribution in [3.63, 3.8) is 0 Å². The van der Waals surface area contributed by atoms with Crippen LogP contribution < -0.4 is 19.5 Å². The number of nitriles is 1. The summed E-state index contributed by atoms with van der Waals surface area (Å²) < 4.78 is 21.8. The number of anilines is 1. The number of aromatic nitrogens is 1. The number of ether oxygens (including phenoxy) is 3. The first-order valence-electron chi connectivity index (χ1n) is 9.19. The summed E-state index contributed by atoms with van der Waals surface area (Å²) in [5.41, 5.74) is 2.15. The van der Waals surface area contributed by atoms with Gasteiger partial charge in [-0.15, -0.1) is 0 Å². The van der Waals surface area contributed by atoms with Crippen LogP contribution in [-0.2, 0) is 6.54 Å². The monoisotopic (exact) mass is 389 g/mol. The molecule has 1 N–H and O–H groups in total. The number of hydrogen-bond acceptors (Lipinski definition) is 7. The van der Waals surface area contributed by atoms with Crippen LogP contribution in [0.1, 0.15) is 29.6 Å². The second-order valence-corrected chi connectivity index (χ2v) is 6.22. The molecular formula is C22H19N3O4. The summed E-state index contributed by atoms with van der Waals surface area (Å²) >= 11 is 0. The van der Waals surface area contributed by atoms with E-state index < -0.39 is 0 Å². The van der Waals surface area contributed by atoms with Gasteiger partial charge in [-0.05, 0) is 48.4 Å². The van der Waals surface area contributed by atoms with Crippen molar-refractivity contribution in [2.75, 3.05) is 18.7 Å². The third-order valence-corrected chi connectivity index (χ3v) is 4.25. The van der Waals surface area contributed by atoms with E-state index in [1.54, 1.807) is 6.08 Å². The first-order valence-corrected chi connectivity index (χ1v) is 9.19. The van der Waals surface area contributed by atoms with Gasteiger partial charge in [0, 0.05) is 12.6 Å². The summed E-state index contributed by atoms with van der Waals surface area (Å²) in [6.45, 7) is 3.27. The lowest BCUT2D eigenvalue weighted by Crippen LogP contribution is -1.99. The summed E-state index contributed by atoms with van der Waals surface area (Å²) in [7, 11) is 0. The smallest absolute Gasteiger partial charge is 0.232 e. The van der Waals surface area contributed by atoms with E-state index >= 15 is 0 Å². The number of oxazole rings is 1. The highest BCUT2D eigenvalue weighted by Gasteiger charge is 2.15. The Morgan fingerprint density at radius 1 is 1.14 bits per heavy atom. The van der Waals surface area contributed by atoms with Gasteiger partial charge in [0.15, 0.2) is 11.5 Å². The lowest BCUT2D eigenvalue weighted by atomic mass is 10.2. The minimum atomic E-state index is 0.206. The molecule has 0 spiro atoms. The van der Waals surface area contributed by atoms with Crippen molar-refractivity contribution in [1.82, 2.24) is 4.98 Å². The van der Waals surface area contributed by atoms with E-state index in [0.29, 0.717) is 30.7 Å². The van der Waals surface area contributed by atoms with Gasteiger partial charge in [-0.25, -0.2) is 0 Å². The summed E-state index contributed by atoms with van der Waals surface area (Å²) in [4.78, 5) is 4.21. The molecule has 0 saturated heterocycles. The molecule has 1 aliphatic rings. The van der Waals surface area contributed by atoms with E-state index in [-0.39, 0.29) is 12.5 Å². The zero-order valence-electron chi connectivity index (χ0n) is 15.8.